The van der Waals surface area contributed by atoms with E-state index in [1.807, 2.05) is 42.5 Å². The van der Waals surface area contributed by atoms with Crippen molar-refractivity contribution >= 4 is 22.7 Å². The summed E-state index contributed by atoms with van der Waals surface area (Å²) in [5.41, 5.74) is 4.75. The van der Waals surface area contributed by atoms with Crippen molar-refractivity contribution in [1.82, 2.24) is 20.5 Å². The van der Waals surface area contributed by atoms with Crippen LogP contribution in [0.15, 0.2) is 121 Å². The van der Waals surface area contributed by atoms with E-state index in [9.17, 15) is 9.59 Å². The van der Waals surface area contributed by atoms with Gasteiger partial charge in [0, 0.05) is 22.9 Å². The average molecular weight is 599 g/mol. The molecule has 230 valence electrons. The van der Waals surface area contributed by atoms with Gasteiger partial charge in [0.2, 0.25) is 5.91 Å². The van der Waals surface area contributed by atoms with Crippen LogP contribution in [0.1, 0.15) is 58.8 Å². The molecule has 0 radical (unpaired) electrons. The van der Waals surface area contributed by atoms with E-state index in [0.717, 1.165) is 43.4 Å². The predicted molar refractivity (Wildman–Crippen MR) is 181 cm³/mol. The standard InChI is InChI=1S/C39H42N4O2/c44-37(28-40-38(45)36-27-32-15-10-11-20-35(32)42-36)41-29-39(33-16-6-2-7-17-33,34-18-8-3-9-19-34)23-12-24-43-25-21-31(22-26-43)30-13-4-1-5-14-30/h1-11,13-20,27,31,42H,12,21-26,28-29H2,(H,40,45)(H,41,44). The summed E-state index contributed by atoms with van der Waals surface area (Å²) in [6, 6.07) is 41.5. The molecule has 6 rings (SSSR count). The number of carbonyl (C=O) groups excluding carboxylic acids is 2. The first-order valence-corrected chi connectivity index (χ1v) is 16.1. The summed E-state index contributed by atoms with van der Waals surface area (Å²) in [5, 5.41) is 6.94. The van der Waals surface area contributed by atoms with Gasteiger partial charge in [-0.2, -0.15) is 0 Å². The first-order chi connectivity index (χ1) is 22.1. The number of piperidine rings is 1. The zero-order chi connectivity index (χ0) is 30.9. The van der Waals surface area contributed by atoms with E-state index in [2.05, 4.69) is 99.4 Å². The van der Waals surface area contributed by atoms with E-state index in [0.29, 0.717) is 18.2 Å². The van der Waals surface area contributed by atoms with Crippen molar-refractivity contribution in [3.63, 3.8) is 0 Å². The van der Waals surface area contributed by atoms with Gasteiger partial charge in [0.25, 0.3) is 5.91 Å². The number of H-pyrrole nitrogens is 1. The maximum Gasteiger partial charge on any atom is 0.268 e. The van der Waals surface area contributed by atoms with E-state index in [1.54, 1.807) is 0 Å². The summed E-state index contributed by atoms with van der Waals surface area (Å²) in [5.74, 6) is 0.135. The molecule has 3 N–H and O–H groups in total. The first kappa shape index (κ1) is 30.4. The van der Waals surface area contributed by atoms with Gasteiger partial charge in [-0.25, -0.2) is 0 Å². The molecule has 0 spiro atoms. The second-order valence-electron chi connectivity index (χ2n) is 12.2. The van der Waals surface area contributed by atoms with Crippen molar-refractivity contribution in [2.24, 2.45) is 0 Å². The molecule has 6 nitrogen and oxygen atoms in total. The molecule has 1 aliphatic rings. The second-order valence-corrected chi connectivity index (χ2v) is 12.2. The number of hydrogen-bond donors (Lipinski definition) is 3. The minimum Gasteiger partial charge on any atom is -0.353 e. The summed E-state index contributed by atoms with van der Waals surface area (Å²) in [6.45, 7) is 3.59. The Morgan fingerprint density at radius 2 is 1.36 bits per heavy atom. The lowest BCUT2D eigenvalue weighted by Crippen LogP contribution is -2.45. The third kappa shape index (κ3) is 7.35. The molecule has 0 saturated carbocycles. The van der Waals surface area contributed by atoms with Gasteiger partial charge in [-0.15, -0.1) is 0 Å². The molecule has 6 heteroatoms. The molecular formula is C39H42N4O2. The smallest absolute Gasteiger partial charge is 0.268 e. The Morgan fingerprint density at radius 3 is 2.00 bits per heavy atom. The van der Waals surface area contributed by atoms with Crippen LogP contribution in [-0.4, -0.2) is 54.4 Å². The largest absolute Gasteiger partial charge is 0.353 e. The van der Waals surface area contributed by atoms with E-state index in [-0.39, 0.29) is 18.4 Å². The summed E-state index contributed by atoms with van der Waals surface area (Å²) in [6.07, 6.45) is 4.27. The summed E-state index contributed by atoms with van der Waals surface area (Å²) < 4.78 is 0. The fourth-order valence-corrected chi connectivity index (χ4v) is 6.85. The van der Waals surface area contributed by atoms with Gasteiger partial charge in [-0.1, -0.05) is 109 Å². The van der Waals surface area contributed by atoms with Gasteiger partial charge in [-0.3, -0.25) is 9.59 Å². The highest BCUT2D eigenvalue weighted by atomic mass is 16.2. The van der Waals surface area contributed by atoms with Crippen LogP contribution in [0.5, 0.6) is 0 Å². The molecule has 0 unspecified atom stereocenters. The van der Waals surface area contributed by atoms with Crippen LogP contribution in [-0.2, 0) is 10.2 Å². The van der Waals surface area contributed by atoms with Crippen molar-refractivity contribution in [2.75, 3.05) is 32.7 Å². The van der Waals surface area contributed by atoms with Crippen molar-refractivity contribution < 1.29 is 9.59 Å². The molecule has 0 atom stereocenters. The normalized spacial score (nSPS) is 14.3. The summed E-state index contributed by atoms with van der Waals surface area (Å²) in [4.78, 5) is 31.7. The number of nitrogens with zero attached hydrogens (tertiary/aromatic N) is 1. The minimum atomic E-state index is -0.401. The molecule has 0 bridgehead atoms. The van der Waals surface area contributed by atoms with Crippen LogP contribution in [0.2, 0.25) is 0 Å². The fraction of sp³-hybridized carbons (Fsp3) is 0.282. The highest BCUT2D eigenvalue weighted by Gasteiger charge is 2.34. The van der Waals surface area contributed by atoms with Gasteiger partial charge in [0.15, 0.2) is 0 Å². The Kier molecular flexibility index (Phi) is 9.71. The molecule has 1 fully saturated rings. The Bertz CT molecular complexity index is 1600. The van der Waals surface area contributed by atoms with Gasteiger partial charge >= 0.3 is 0 Å². The van der Waals surface area contributed by atoms with E-state index >= 15 is 0 Å². The minimum absolute atomic E-state index is 0.0930. The molecule has 0 aliphatic carbocycles. The van der Waals surface area contributed by atoms with Gasteiger partial charge < -0.3 is 20.5 Å². The van der Waals surface area contributed by atoms with E-state index in [1.165, 1.54) is 29.5 Å². The van der Waals surface area contributed by atoms with Crippen LogP contribution >= 0.6 is 0 Å². The lowest BCUT2D eigenvalue weighted by molar-refractivity contribution is -0.120. The number of likely N-dealkylation sites (tertiary alicyclic amines) is 1. The van der Waals surface area contributed by atoms with Crippen molar-refractivity contribution in [3.8, 4) is 0 Å². The third-order valence-corrected chi connectivity index (χ3v) is 9.36. The lowest BCUT2D eigenvalue weighted by atomic mass is 9.71. The molecule has 1 aliphatic heterocycles. The Hall–Kier alpha value is -4.68. The average Bonchev–Trinajstić information content (AvgIpc) is 3.55. The van der Waals surface area contributed by atoms with E-state index < -0.39 is 5.41 Å². The fourth-order valence-electron chi connectivity index (χ4n) is 6.85. The van der Waals surface area contributed by atoms with Crippen molar-refractivity contribution in [2.45, 2.75) is 37.0 Å². The number of hydrogen-bond acceptors (Lipinski definition) is 3. The monoisotopic (exact) mass is 598 g/mol. The Labute approximate surface area is 265 Å². The number of aromatic amines is 1. The van der Waals surface area contributed by atoms with Gasteiger partial charge in [-0.05, 0) is 80.1 Å². The van der Waals surface area contributed by atoms with Gasteiger partial charge in [0.05, 0.1) is 6.54 Å². The summed E-state index contributed by atoms with van der Waals surface area (Å²) >= 11 is 0. The van der Waals surface area contributed by atoms with Crippen LogP contribution in [0, 0.1) is 0 Å². The summed E-state index contributed by atoms with van der Waals surface area (Å²) in [7, 11) is 0. The number of para-hydroxylation sites is 1. The van der Waals surface area contributed by atoms with Crippen LogP contribution in [0.4, 0.5) is 0 Å². The number of benzene rings is 4. The SMILES string of the molecule is O=C(CNC(=O)c1cc2ccccc2[nH]1)NCC(CCCN1CCC(c2ccccc2)CC1)(c1ccccc1)c1ccccc1. The topological polar surface area (TPSA) is 77.2 Å². The Morgan fingerprint density at radius 1 is 0.756 bits per heavy atom. The van der Waals surface area contributed by atoms with Crippen LogP contribution in [0.3, 0.4) is 0 Å². The maximum absolute atomic E-state index is 13.2. The number of amides is 2. The second kappa shape index (κ2) is 14.4. The molecule has 2 heterocycles. The molecule has 45 heavy (non-hydrogen) atoms. The molecule has 1 saturated heterocycles. The number of carbonyl (C=O) groups is 2. The highest BCUT2D eigenvalue weighted by molar-refractivity contribution is 5.99. The van der Waals surface area contributed by atoms with Crippen LogP contribution < -0.4 is 10.6 Å². The van der Waals surface area contributed by atoms with Crippen LogP contribution in [0.25, 0.3) is 10.9 Å². The van der Waals surface area contributed by atoms with E-state index in [4.69, 9.17) is 0 Å². The maximum atomic E-state index is 13.2. The molecule has 2 amide bonds. The lowest BCUT2D eigenvalue weighted by Gasteiger charge is -2.37. The first-order valence-electron chi connectivity index (χ1n) is 16.1. The van der Waals surface area contributed by atoms with Crippen molar-refractivity contribution in [1.29, 1.82) is 0 Å². The van der Waals surface area contributed by atoms with Crippen molar-refractivity contribution in [3.05, 3.63) is 144 Å². The Balaban J connectivity index is 1.11. The molecule has 1 aromatic heterocycles. The number of nitrogens with one attached hydrogen (secondary N) is 3. The zero-order valence-corrected chi connectivity index (χ0v) is 25.8. The molecule has 5 aromatic rings. The van der Waals surface area contributed by atoms with Gasteiger partial charge in [0.1, 0.15) is 5.69 Å². The quantitative estimate of drug-likeness (QED) is 0.150. The number of rotatable bonds is 12. The third-order valence-electron chi connectivity index (χ3n) is 9.36. The molecule has 4 aromatic carbocycles. The number of aromatic nitrogens is 1. The highest BCUT2D eigenvalue weighted by Crippen LogP contribution is 2.37. The predicted octanol–water partition coefficient (Wildman–Crippen LogP) is 6.66. The zero-order valence-electron chi connectivity index (χ0n) is 25.8. The molecular weight excluding hydrogens is 556 g/mol. The number of fused-ring (bicyclic) bond motifs is 1.